The Morgan fingerprint density at radius 3 is 2.86 bits per heavy atom. The number of hydrogen-bond donors (Lipinski definition) is 0. The topological polar surface area (TPSA) is 32.8 Å². The number of aryl methyl sites for hydroxylation is 1. The summed E-state index contributed by atoms with van der Waals surface area (Å²) in [4.78, 5) is 16.2. The van der Waals surface area contributed by atoms with Crippen molar-refractivity contribution in [3.63, 3.8) is 0 Å². The van der Waals surface area contributed by atoms with E-state index in [2.05, 4.69) is 35.2 Å². The second-order valence-corrected chi connectivity index (χ2v) is 6.08. The predicted octanol–water partition coefficient (Wildman–Crippen LogP) is 1.55. The molecule has 0 unspecified atom stereocenters. The Morgan fingerprint density at radius 2 is 2.05 bits per heavy atom. The Labute approximate surface area is 126 Å². The van der Waals surface area contributed by atoms with Crippen LogP contribution in [0.2, 0.25) is 0 Å². The molecule has 2 atom stereocenters. The van der Waals surface area contributed by atoms with Gasteiger partial charge in [-0.1, -0.05) is 30.3 Å². The summed E-state index contributed by atoms with van der Waals surface area (Å²) < 4.78 is 5.86. The molecule has 0 bridgehead atoms. The summed E-state index contributed by atoms with van der Waals surface area (Å²) in [6.45, 7) is 3.55. The monoisotopic (exact) mass is 288 g/mol. The standard InChI is InChI=1S/C17H24N2O2/c1-18-15-12-19(13-16(15)21-11-9-17(18)20)10-5-8-14-6-3-2-4-7-14/h2-4,6-7,15-16H,5,8-13H2,1H3/t15-,16-/m0/s1. The van der Waals surface area contributed by atoms with Gasteiger partial charge in [-0.15, -0.1) is 0 Å². The number of amides is 1. The van der Waals surface area contributed by atoms with Crippen molar-refractivity contribution in [2.24, 2.45) is 0 Å². The van der Waals surface area contributed by atoms with Crippen LogP contribution in [0.25, 0.3) is 0 Å². The summed E-state index contributed by atoms with van der Waals surface area (Å²) >= 11 is 0. The molecule has 2 aliphatic rings. The third kappa shape index (κ3) is 3.44. The van der Waals surface area contributed by atoms with E-state index in [0.717, 1.165) is 32.5 Å². The van der Waals surface area contributed by atoms with E-state index >= 15 is 0 Å². The van der Waals surface area contributed by atoms with Gasteiger partial charge in [-0.3, -0.25) is 9.69 Å². The maximum absolute atomic E-state index is 11.9. The lowest BCUT2D eigenvalue weighted by molar-refractivity contribution is -0.131. The number of benzene rings is 1. The minimum atomic E-state index is 0.193. The van der Waals surface area contributed by atoms with Crippen LogP contribution in [0.4, 0.5) is 0 Å². The highest BCUT2D eigenvalue weighted by molar-refractivity contribution is 5.76. The summed E-state index contributed by atoms with van der Waals surface area (Å²) in [5, 5.41) is 0. The predicted molar refractivity (Wildman–Crippen MR) is 82.1 cm³/mol. The van der Waals surface area contributed by atoms with Gasteiger partial charge in [0, 0.05) is 20.1 Å². The first-order chi connectivity index (χ1) is 10.2. The molecule has 4 heteroatoms. The van der Waals surface area contributed by atoms with Crippen LogP contribution in [0.1, 0.15) is 18.4 Å². The van der Waals surface area contributed by atoms with Crippen molar-refractivity contribution in [3.05, 3.63) is 35.9 Å². The fourth-order valence-corrected chi connectivity index (χ4v) is 3.36. The van der Waals surface area contributed by atoms with Crippen LogP contribution < -0.4 is 0 Å². The summed E-state index contributed by atoms with van der Waals surface area (Å²) in [5.41, 5.74) is 1.40. The zero-order valence-corrected chi connectivity index (χ0v) is 12.7. The molecule has 0 radical (unpaired) electrons. The SMILES string of the molecule is CN1C(=O)CCO[C@H]2CN(CCCc3ccccc3)C[C@@H]21. The van der Waals surface area contributed by atoms with Gasteiger partial charge >= 0.3 is 0 Å². The Hall–Kier alpha value is -1.39. The highest BCUT2D eigenvalue weighted by Gasteiger charge is 2.39. The van der Waals surface area contributed by atoms with E-state index in [-0.39, 0.29) is 18.1 Å². The van der Waals surface area contributed by atoms with Crippen molar-refractivity contribution in [3.8, 4) is 0 Å². The van der Waals surface area contributed by atoms with Crippen LogP contribution in [-0.2, 0) is 16.0 Å². The van der Waals surface area contributed by atoms with Gasteiger partial charge in [-0.2, -0.15) is 0 Å². The molecule has 1 aromatic carbocycles. The summed E-state index contributed by atoms with van der Waals surface area (Å²) in [6, 6.07) is 10.8. The zero-order chi connectivity index (χ0) is 14.7. The molecule has 1 amide bonds. The van der Waals surface area contributed by atoms with E-state index in [4.69, 9.17) is 4.74 Å². The fraction of sp³-hybridized carbons (Fsp3) is 0.588. The smallest absolute Gasteiger partial charge is 0.225 e. The molecule has 0 aromatic heterocycles. The normalized spacial score (nSPS) is 26.7. The Morgan fingerprint density at radius 1 is 1.24 bits per heavy atom. The van der Waals surface area contributed by atoms with E-state index in [1.807, 2.05) is 11.9 Å². The van der Waals surface area contributed by atoms with Crippen LogP contribution in [0.15, 0.2) is 30.3 Å². The average Bonchev–Trinajstić information content (AvgIpc) is 2.85. The molecule has 2 fully saturated rings. The number of nitrogens with zero attached hydrogens (tertiary/aromatic N) is 2. The maximum atomic E-state index is 11.9. The van der Waals surface area contributed by atoms with Crippen molar-refractivity contribution in [2.75, 3.05) is 33.3 Å². The Kier molecular flexibility index (Phi) is 4.56. The molecule has 114 valence electrons. The number of rotatable bonds is 4. The molecule has 2 saturated heterocycles. The van der Waals surface area contributed by atoms with E-state index in [1.54, 1.807) is 0 Å². The van der Waals surface area contributed by atoms with Gasteiger partial charge in [0.05, 0.1) is 25.2 Å². The molecule has 0 N–H and O–H groups in total. The number of ether oxygens (including phenoxy) is 1. The average molecular weight is 288 g/mol. The quantitative estimate of drug-likeness (QED) is 0.843. The van der Waals surface area contributed by atoms with Gasteiger partial charge in [-0.05, 0) is 24.9 Å². The van der Waals surface area contributed by atoms with E-state index in [0.29, 0.717) is 13.0 Å². The maximum Gasteiger partial charge on any atom is 0.225 e. The van der Waals surface area contributed by atoms with Gasteiger partial charge in [0.2, 0.25) is 5.91 Å². The van der Waals surface area contributed by atoms with Crippen molar-refractivity contribution >= 4 is 5.91 Å². The third-order valence-corrected chi connectivity index (χ3v) is 4.63. The lowest BCUT2D eigenvalue weighted by Gasteiger charge is -2.25. The van der Waals surface area contributed by atoms with Crippen LogP contribution in [0, 0.1) is 0 Å². The minimum Gasteiger partial charge on any atom is -0.374 e. The van der Waals surface area contributed by atoms with Gasteiger partial charge in [0.25, 0.3) is 0 Å². The first-order valence-corrected chi connectivity index (χ1v) is 7.87. The van der Waals surface area contributed by atoms with Crippen molar-refractivity contribution in [2.45, 2.75) is 31.4 Å². The molecule has 21 heavy (non-hydrogen) atoms. The van der Waals surface area contributed by atoms with Gasteiger partial charge in [-0.25, -0.2) is 0 Å². The van der Waals surface area contributed by atoms with Crippen LogP contribution >= 0.6 is 0 Å². The second kappa shape index (κ2) is 6.58. The number of fused-ring (bicyclic) bond motifs is 1. The van der Waals surface area contributed by atoms with E-state index in [1.165, 1.54) is 5.56 Å². The lowest BCUT2D eigenvalue weighted by atomic mass is 10.1. The summed E-state index contributed by atoms with van der Waals surface area (Å²) in [6.07, 6.45) is 2.99. The lowest BCUT2D eigenvalue weighted by Crippen LogP contribution is -2.42. The highest BCUT2D eigenvalue weighted by atomic mass is 16.5. The molecule has 0 aliphatic carbocycles. The molecule has 0 spiro atoms. The molecule has 4 nitrogen and oxygen atoms in total. The Balaban J connectivity index is 1.49. The number of likely N-dealkylation sites (tertiary alicyclic amines) is 1. The fourth-order valence-electron chi connectivity index (χ4n) is 3.36. The first-order valence-electron chi connectivity index (χ1n) is 7.87. The number of carbonyl (C=O) groups is 1. The molecule has 0 saturated carbocycles. The van der Waals surface area contributed by atoms with Gasteiger partial charge in [0.1, 0.15) is 0 Å². The van der Waals surface area contributed by atoms with E-state index in [9.17, 15) is 4.79 Å². The van der Waals surface area contributed by atoms with Crippen LogP contribution in [0.5, 0.6) is 0 Å². The van der Waals surface area contributed by atoms with Gasteiger partial charge in [0.15, 0.2) is 0 Å². The molecule has 2 heterocycles. The number of likely N-dealkylation sites (N-methyl/N-ethyl adjacent to an activating group) is 1. The summed E-state index contributed by atoms with van der Waals surface area (Å²) in [5.74, 6) is 0.216. The number of carbonyl (C=O) groups excluding carboxylic acids is 1. The third-order valence-electron chi connectivity index (χ3n) is 4.63. The zero-order valence-electron chi connectivity index (χ0n) is 12.7. The largest absolute Gasteiger partial charge is 0.374 e. The Bertz CT molecular complexity index is 477. The first kappa shape index (κ1) is 14.5. The molecule has 1 aromatic rings. The van der Waals surface area contributed by atoms with Crippen LogP contribution in [-0.4, -0.2) is 61.1 Å². The van der Waals surface area contributed by atoms with Gasteiger partial charge < -0.3 is 9.64 Å². The molecule has 3 rings (SSSR count). The molecular weight excluding hydrogens is 264 g/mol. The van der Waals surface area contributed by atoms with Crippen molar-refractivity contribution in [1.82, 2.24) is 9.80 Å². The van der Waals surface area contributed by atoms with Crippen molar-refractivity contribution < 1.29 is 9.53 Å². The van der Waals surface area contributed by atoms with Crippen molar-refractivity contribution in [1.29, 1.82) is 0 Å². The second-order valence-electron chi connectivity index (χ2n) is 6.08. The molecule has 2 aliphatic heterocycles. The van der Waals surface area contributed by atoms with E-state index < -0.39 is 0 Å². The highest BCUT2D eigenvalue weighted by Crippen LogP contribution is 2.22. The number of hydrogen-bond acceptors (Lipinski definition) is 3. The van der Waals surface area contributed by atoms with Crippen LogP contribution in [0.3, 0.4) is 0 Å². The minimum absolute atomic E-state index is 0.193. The molecular formula is C17H24N2O2. The summed E-state index contributed by atoms with van der Waals surface area (Å²) in [7, 11) is 1.92.